The number of aliphatic imine (C=N–C) groups is 1. The van der Waals surface area contributed by atoms with E-state index in [4.69, 9.17) is 11.6 Å². The van der Waals surface area contributed by atoms with E-state index in [1.54, 1.807) is 24.5 Å². The summed E-state index contributed by atoms with van der Waals surface area (Å²) in [6.07, 6.45) is 5.11. The maximum atomic E-state index is 12.5. The second-order valence-electron chi connectivity index (χ2n) is 8.10. The van der Waals surface area contributed by atoms with Crippen molar-refractivity contribution in [1.29, 1.82) is 0 Å². The van der Waals surface area contributed by atoms with Gasteiger partial charge in [0.1, 0.15) is 0 Å². The van der Waals surface area contributed by atoms with Gasteiger partial charge in [-0.05, 0) is 0 Å². The summed E-state index contributed by atoms with van der Waals surface area (Å²) in [5.74, 6) is -0.331. The predicted octanol–water partition coefficient (Wildman–Crippen LogP) is 4.27. The van der Waals surface area contributed by atoms with Crippen molar-refractivity contribution in [2.24, 2.45) is 10.4 Å². The summed E-state index contributed by atoms with van der Waals surface area (Å²) in [5, 5.41) is 3.52. The fourth-order valence-corrected chi connectivity index (χ4v) is 6.75. The summed E-state index contributed by atoms with van der Waals surface area (Å²) in [7, 11) is 0. The Morgan fingerprint density at radius 3 is 2.59 bits per heavy atom. The van der Waals surface area contributed by atoms with E-state index in [2.05, 4.69) is 20.3 Å². The Balaban J connectivity index is 1.50. The first-order chi connectivity index (χ1) is 15.2. The summed E-state index contributed by atoms with van der Waals surface area (Å²) in [4.78, 5) is 38.1. The number of carbonyl (C=O) groups excluding carboxylic acids is 2. The van der Waals surface area contributed by atoms with Gasteiger partial charge in [0.15, 0.2) is 0 Å². The Bertz CT molecular complexity index is 1300. The first-order valence-corrected chi connectivity index (χ1v) is 12.8. The molecule has 0 unspecified atom stereocenters. The summed E-state index contributed by atoms with van der Waals surface area (Å²) in [6.45, 7) is 5.57. The first-order valence-electron chi connectivity index (χ1n) is 9.75. The molecule has 0 aliphatic carbocycles. The van der Waals surface area contributed by atoms with Crippen LogP contribution in [0.3, 0.4) is 0 Å². The molecule has 9 heteroatoms. The average molecular weight is 526 g/mol. The number of nitrogens with one attached hydrogen (secondary N) is 1. The number of amides is 2. The van der Waals surface area contributed by atoms with Gasteiger partial charge < -0.3 is 0 Å². The molecule has 0 fully saturated rings. The van der Waals surface area contributed by atoms with E-state index in [0.717, 1.165) is 24.8 Å². The predicted molar refractivity (Wildman–Crippen MR) is 132 cm³/mol. The Hall–Kier alpha value is -2.47. The molecule has 32 heavy (non-hydrogen) atoms. The Kier molecular flexibility index (Phi) is 6.52. The van der Waals surface area contributed by atoms with Crippen LogP contribution in [-0.4, -0.2) is 41.4 Å². The van der Waals surface area contributed by atoms with Crippen molar-refractivity contribution in [1.82, 2.24) is 9.97 Å². The molecule has 2 aromatic carbocycles. The molecule has 1 aromatic heterocycles. The topological polar surface area (TPSA) is 84.3 Å². The minimum atomic E-state index is -0.609. The molecule has 1 N–H and O–H groups in total. The molecule has 2 heterocycles. The van der Waals surface area contributed by atoms with Crippen LogP contribution in [0.5, 0.6) is 0 Å². The standard InChI is InChI=1S/C23H19AsClN4O2S/c1-23(2,3)21(31)28-14-5-6-16(25)15(12-14)24-22-29-20(30)19(32-22)11-13-4-7-17-18(10-13)27-9-8-26-17/h4-12H,1-3H3,(H,28,31)/b19-11-. The Morgan fingerprint density at radius 2 is 1.84 bits per heavy atom. The number of aromatic nitrogens is 2. The number of benzene rings is 2. The number of nitrogens with zero attached hydrogens (tertiary/aromatic N) is 3. The summed E-state index contributed by atoms with van der Waals surface area (Å²) in [5.41, 5.74) is 2.62. The van der Waals surface area contributed by atoms with Gasteiger partial charge in [0, 0.05) is 0 Å². The van der Waals surface area contributed by atoms with Crippen molar-refractivity contribution in [2.45, 2.75) is 20.8 Å². The van der Waals surface area contributed by atoms with Crippen LogP contribution in [0.4, 0.5) is 5.69 Å². The minimum absolute atomic E-state index is 0.0740. The van der Waals surface area contributed by atoms with Gasteiger partial charge in [-0.25, -0.2) is 0 Å². The second kappa shape index (κ2) is 9.18. The zero-order valence-electron chi connectivity index (χ0n) is 17.6. The number of thioether (sulfide) groups is 1. The fourth-order valence-electron chi connectivity index (χ4n) is 2.77. The van der Waals surface area contributed by atoms with E-state index < -0.39 is 21.2 Å². The van der Waals surface area contributed by atoms with Crippen LogP contribution in [0, 0.1) is 5.41 Å². The Morgan fingerprint density at radius 1 is 1.09 bits per heavy atom. The van der Waals surface area contributed by atoms with Gasteiger partial charge in [-0.3, -0.25) is 0 Å². The molecule has 4 rings (SSSR count). The van der Waals surface area contributed by atoms with E-state index in [0.29, 0.717) is 15.6 Å². The number of carbonyl (C=O) groups is 2. The zero-order valence-corrected chi connectivity index (χ0v) is 21.0. The average Bonchev–Trinajstić information content (AvgIpc) is 3.08. The summed E-state index contributed by atoms with van der Waals surface area (Å²) in [6, 6.07) is 11.1. The molecule has 0 bridgehead atoms. The first kappa shape index (κ1) is 22.7. The van der Waals surface area contributed by atoms with Gasteiger partial charge in [-0.15, -0.1) is 0 Å². The number of fused-ring (bicyclic) bond motifs is 1. The molecule has 3 aromatic rings. The van der Waals surface area contributed by atoms with E-state index >= 15 is 0 Å². The summed E-state index contributed by atoms with van der Waals surface area (Å²) < 4.78 is 1.63. The number of rotatable bonds is 4. The van der Waals surface area contributed by atoms with Crippen LogP contribution in [-0.2, 0) is 9.59 Å². The zero-order chi connectivity index (χ0) is 22.9. The number of hydrogen-bond acceptors (Lipinski definition) is 5. The molecule has 0 saturated heterocycles. The summed E-state index contributed by atoms with van der Waals surface area (Å²) >= 11 is 7.15. The van der Waals surface area contributed by atoms with Crippen molar-refractivity contribution < 1.29 is 9.59 Å². The molecule has 161 valence electrons. The van der Waals surface area contributed by atoms with E-state index in [1.807, 2.05) is 51.1 Å². The third-order valence-electron chi connectivity index (χ3n) is 4.50. The van der Waals surface area contributed by atoms with Gasteiger partial charge in [0.05, 0.1) is 0 Å². The molecule has 6 nitrogen and oxygen atoms in total. The normalized spacial score (nSPS) is 15.7. The van der Waals surface area contributed by atoms with Crippen molar-refractivity contribution in [3.63, 3.8) is 0 Å². The van der Waals surface area contributed by atoms with E-state index in [9.17, 15) is 9.59 Å². The molecule has 0 atom stereocenters. The van der Waals surface area contributed by atoms with Crippen LogP contribution in [0.25, 0.3) is 17.1 Å². The van der Waals surface area contributed by atoms with Gasteiger partial charge >= 0.3 is 202 Å². The molecule has 0 saturated carbocycles. The van der Waals surface area contributed by atoms with Crippen LogP contribution in [0.15, 0.2) is 58.7 Å². The van der Waals surface area contributed by atoms with E-state index in [1.165, 1.54) is 11.8 Å². The third kappa shape index (κ3) is 5.29. The Labute approximate surface area is 201 Å². The van der Waals surface area contributed by atoms with Crippen molar-refractivity contribution in [2.75, 3.05) is 5.32 Å². The number of hydrogen-bond donors (Lipinski definition) is 1. The van der Waals surface area contributed by atoms with Gasteiger partial charge in [0.2, 0.25) is 0 Å². The van der Waals surface area contributed by atoms with Gasteiger partial charge in [-0.1, -0.05) is 0 Å². The molecule has 1 aliphatic heterocycles. The van der Waals surface area contributed by atoms with Crippen LogP contribution in [0.1, 0.15) is 26.3 Å². The van der Waals surface area contributed by atoms with Gasteiger partial charge in [0.25, 0.3) is 0 Å². The van der Waals surface area contributed by atoms with Crippen molar-refractivity contribution >= 4 is 81.9 Å². The van der Waals surface area contributed by atoms with E-state index in [-0.39, 0.29) is 11.8 Å². The molecular weight excluding hydrogens is 507 g/mol. The van der Waals surface area contributed by atoms with Crippen LogP contribution >= 0.6 is 23.4 Å². The van der Waals surface area contributed by atoms with Crippen LogP contribution < -0.4 is 9.67 Å². The quantitative estimate of drug-likeness (QED) is 0.406. The molecular formula is C23H19AsClN4O2S. The number of halogens is 1. The third-order valence-corrected chi connectivity index (χ3v) is 8.85. The molecule has 1 radical (unpaired) electrons. The maximum absolute atomic E-state index is 12.5. The monoisotopic (exact) mass is 525 g/mol. The molecule has 2 amide bonds. The van der Waals surface area contributed by atoms with Crippen molar-refractivity contribution in [3.05, 3.63) is 64.3 Å². The molecule has 0 spiro atoms. The fraction of sp³-hybridized carbons (Fsp3) is 0.174. The van der Waals surface area contributed by atoms with Crippen LogP contribution in [0.2, 0.25) is 5.02 Å². The SMILES string of the molecule is CC(C)(C)C(=O)Nc1ccc(Cl)c([As]C2=NC(=O)/C(=C/c3ccc4nccnc4c3)S2)c1. The van der Waals surface area contributed by atoms with Crippen molar-refractivity contribution in [3.8, 4) is 0 Å². The van der Waals surface area contributed by atoms with Gasteiger partial charge in [-0.2, -0.15) is 0 Å². The number of anilines is 1. The molecule has 1 aliphatic rings. The second-order valence-corrected chi connectivity index (χ2v) is 12.6.